The summed E-state index contributed by atoms with van der Waals surface area (Å²) >= 11 is 6.00. The number of benzene rings is 1. The van der Waals surface area contributed by atoms with Gasteiger partial charge in [-0.15, -0.1) is 0 Å². The Morgan fingerprint density at radius 1 is 1.24 bits per heavy atom. The van der Waals surface area contributed by atoms with Crippen LogP contribution in [-0.2, 0) is 14.3 Å². The van der Waals surface area contributed by atoms with Crippen LogP contribution < -0.4 is 15.0 Å². The monoisotopic (exact) mass is 424 g/mol. The van der Waals surface area contributed by atoms with Gasteiger partial charge in [0.1, 0.15) is 5.75 Å². The number of anilines is 1. The second kappa shape index (κ2) is 11.8. The number of hydrogen-bond acceptors (Lipinski definition) is 4. The van der Waals surface area contributed by atoms with Gasteiger partial charge in [0.2, 0.25) is 0 Å². The van der Waals surface area contributed by atoms with Crippen LogP contribution in [0, 0.1) is 0 Å². The minimum atomic E-state index is -0.212. The van der Waals surface area contributed by atoms with Crippen molar-refractivity contribution < 1.29 is 24.0 Å². The Kier molecular flexibility index (Phi) is 9.44. The minimum absolute atomic E-state index is 0.000774. The number of hydrogen-bond donors (Lipinski definition) is 2. The molecule has 1 aromatic rings. The summed E-state index contributed by atoms with van der Waals surface area (Å²) in [6.45, 7) is 1.39. The molecule has 0 aliphatic heterocycles. The molecule has 1 aliphatic carbocycles. The van der Waals surface area contributed by atoms with Gasteiger partial charge in [0.15, 0.2) is 13.1 Å². The van der Waals surface area contributed by atoms with Gasteiger partial charge in [-0.3, -0.25) is 9.59 Å². The van der Waals surface area contributed by atoms with Crippen LogP contribution in [0.3, 0.4) is 0 Å². The third kappa shape index (κ3) is 7.34. The smallest absolute Gasteiger partial charge is 0.281 e. The van der Waals surface area contributed by atoms with Crippen LogP contribution in [0.15, 0.2) is 30.0 Å². The highest BCUT2D eigenvalue weighted by molar-refractivity contribution is 6.31. The molecular weight excluding hydrogens is 394 g/mol. The van der Waals surface area contributed by atoms with Crippen LogP contribution >= 0.6 is 11.6 Å². The quantitative estimate of drug-likeness (QED) is 0.600. The van der Waals surface area contributed by atoms with Crippen molar-refractivity contribution >= 4 is 29.1 Å². The van der Waals surface area contributed by atoms with Crippen LogP contribution in [0.4, 0.5) is 5.69 Å². The molecule has 8 heteroatoms. The van der Waals surface area contributed by atoms with Crippen molar-refractivity contribution in [1.29, 1.82) is 0 Å². The highest BCUT2D eigenvalue weighted by Crippen LogP contribution is 2.27. The molecular formula is C21H31ClN3O4+. The average molecular weight is 425 g/mol. The maximum absolute atomic E-state index is 12.9. The summed E-state index contributed by atoms with van der Waals surface area (Å²) in [4.78, 5) is 27.9. The van der Waals surface area contributed by atoms with Crippen molar-refractivity contribution in [3.8, 4) is 5.75 Å². The van der Waals surface area contributed by atoms with Gasteiger partial charge in [0, 0.05) is 24.4 Å². The molecule has 0 aromatic heterocycles. The fraction of sp³-hybridized carbons (Fsp3) is 0.524. The predicted octanol–water partition coefficient (Wildman–Crippen LogP) is 1.73. The molecule has 0 spiro atoms. The van der Waals surface area contributed by atoms with Crippen molar-refractivity contribution in [3.63, 3.8) is 0 Å². The maximum Gasteiger partial charge on any atom is 0.281 e. The second-order valence-electron chi connectivity index (χ2n) is 7.18. The molecule has 1 aliphatic rings. The van der Waals surface area contributed by atoms with Gasteiger partial charge < -0.3 is 24.6 Å². The number of likely N-dealkylation sites (N-methyl/N-ethyl adjacent to an activating group) is 1. The van der Waals surface area contributed by atoms with E-state index in [2.05, 4.69) is 11.4 Å². The first-order chi connectivity index (χ1) is 13.9. The Labute approximate surface area is 177 Å². The van der Waals surface area contributed by atoms with Gasteiger partial charge in [-0.25, -0.2) is 0 Å². The number of allylic oxidation sites excluding steroid dienone is 2. The molecule has 2 N–H and O–H groups in total. The number of halogens is 1. The topological polar surface area (TPSA) is 72.3 Å². The lowest BCUT2D eigenvalue weighted by atomic mass is 10.0. The maximum atomic E-state index is 12.9. The molecule has 2 rings (SSSR count). The zero-order valence-electron chi connectivity index (χ0n) is 17.4. The number of carbonyl (C=O) groups is 2. The molecule has 0 bridgehead atoms. The van der Waals surface area contributed by atoms with E-state index in [-0.39, 0.29) is 24.9 Å². The summed E-state index contributed by atoms with van der Waals surface area (Å²) in [6, 6.07) is 5.03. The summed E-state index contributed by atoms with van der Waals surface area (Å²) in [5.41, 5.74) is 1.58. The number of nitrogens with one attached hydrogen (secondary N) is 2. The van der Waals surface area contributed by atoms with Crippen molar-refractivity contribution in [1.82, 2.24) is 4.90 Å². The Bertz CT molecular complexity index is 739. The lowest BCUT2D eigenvalue weighted by Crippen LogP contribution is -3.11. The van der Waals surface area contributed by atoms with E-state index in [0.717, 1.165) is 36.3 Å². The summed E-state index contributed by atoms with van der Waals surface area (Å²) in [7, 11) is 4.99. The molecule has 160 valence electrons. The first kappa shape index (κ1) is 23.2. The summed E-state index contributed by atoms with van der Waals surface area (Å²) in [6.07, 6.45) is 6.30. The fourth-order valence-corrected chi connectivity index (χ4v) is 3.51. The van der Waals surface area contributed by atoms with Crippen molar-refractivity contribution in [2.75, 3.05) is 52.8 Å². The molecule has 1 aromatic carbocycles. The fourth-order valence-electron chi connectivity index (χ4n) is 3.34. The van der Waals surface area contributed by atoms with E-state index in [1.165, 1.54) is 7.11 Å². The number of nitrogens with zero attached hydrogens (tertiary/aromatic N) is 1. The molecule has 1 unspecified atom stereocenters. The Hall–Kier alpha value is -2.09. The highest BCUT2D eigenvalue weighted by atomic mass is 35.5. The lowest BCUT2D eigenvalue weighted by Gasteiger charge is -2.28. The van der Waals surface area contributed by atoms with Crippen LogP contribution in [0.2, 0.25) is 5.02 Å². The number of carbonyl (C=O) groups excluding carboxylic acids is 2. The zero-order valence-corrected chi connectivity index (χ0v) is 18.2. The first-order valence-electron chi connectivity index (χ1n) is 9.87. The van der Waals surface area contributed by atoms with Crippen molar-refractivity contribution in [2.24, 2.45) is 0 Å². The second-order valence-corrected chi connectivity index (χ2v) is 7.62. The zero-order chi connectivity index (χ0) is 21.2. The van der Waals surface area contributed by atoms with Crippen molar-refractivity contribution in [2.45, 2.75) is 25.7 Å². The summed E-state index contributed by atoms with van der Waals surface area (Å²) in [5.74, 6) is 0.323. The molecule has 7 nitrogen and oxygen atoms in total. The first-order valence-corrected chi connectivity index (χ1v) is 10.3. The van der Waals surface area contributed by atoms with Crippen LogP contribution in [-0.4, -0.2) is 64.2 Å². The van der Waals surface area contributed by atoms with Gasteiger partial charge in [-0.05, 0) is 43.9 Å². The third-order valence-electron chi connectivity index (χ3n) is 4.78. The minimum Gasteiger partial charge on any atom is -0.495 e. The van der Waals surface area contributed by atoms with Crippen molar-refractivity contribution in [3.05, 3.63) is 35.0 Å². The number of amides is 2. The van der Waals surface area contributed by atoms with Crippen LogP contribution in [0.25, 0.3) is 0 Å². The number of quaternary nitrogens is 1. The molecule has 0 heterocycles. The molecule has 0 saturated heterocycles. The van der Waals surface area contributed by atoms with E-state index in [1.807, 2.05) is 11.9 Å². The Morgan fingerprint density at radius 3 is 2.69 bits per heavy atom. The van der Waals surface area contributed by atoms with Gasteiger partial charge in [0.25, 0.3) is 11.8 Å². The van der Waals surface area contributed by atoms with Crippen LogP contribution in [0.1, 0.15) is 25.7 Å². The largest absolute Gasteiger partial charge is 0.495 e. The van der Waals surface area contributed by atoms with E-state index in [0.29, 0.717) is 29.6 Å². The Balaban J connectivity index is 1.94. The molecule has 29 heavy (non-hydrogen) atoms. The van der Waals surface area contributed by atoms with E-state index >= 15 is 0 Å². The number of rotatable bonds is 10. The Morgan fingerprint density at radius 2 is 2.03 bits per heavy atom. The van der Waals surface area contributed by atoms with E-state index in [9.17, 15) is 9.59 Å². The SMILES string of the molecule is COCCN(C(=O)C[NH+](C)CC(=O)Nc1cc(Cl)ccc1OC)C1=CCCCC1. The van der Waals surface area contributed by atoms with Gasteiger partial charge in [-0.1, -0.05) is 17.7 Å². The van der Waals surface area contributed by atoms with E-state index in [4.69, 9.17) is 21.1 Å². The van der Waals surface area contributed by atoms with E-state index in [1.54, 1.807) is 25.3 Å². The summed E-state index contributed by atoms with van der Waals surface area (Å²) < 4.78 is 10.4. The molecule has 1 atom stereocenters. The van der Waals surface area contributed by atoms with Gasteiger partial charge >= 0.3 is 0 Å². The van der Waals surface area contributed by atoms with Crippen LogP contribution in [0.5, 0.6) is 5.75 Å². The third-order valence-corrected chi connectivity index (χ3v) is 5.02. The molecule has 0 saturated carbocycles. The number of methoxy groups -OCH3 is 2. The molecule has 0 radical (unpaired) electrons. The highest BCUT2D eigenvalue weighted by Gasteiger charge is 2.23. The normalized spacial score (nSPS) is 14.7. The van der Waals surface area contributed by atoms with Gasteiger partial charge in [0.05, 0.1) is 26.5 Å². The molecule has 0 fully saturated rings. The van der Waals surface area contributed by atoms with E-state index < -0.39 is 0 Å². The number of ether oxygens (including phenoxy) is 2. The molecule has 2 amide bonds. The van der Waals surface area contributed by atoms with Gasteiger partial charge in [-0.2, -0.15) is 0 Å². The standard InChI is InChI=1S/C21H30ClN3O4/c1-24(14-20(26)23-18-13-16(22)9-10-19(18)29-3)15-21(27)25(11-12-28-2)17-7-5-4-6-8-17/h7,9-10,13H,4-6,8,11-12,14-15H2,1-3H3,(H,23,26)/p+1. The predicted molar refractivity (Wildman–Crippen MR) is 113 cm³/mol. The summed E-state index contributed by atoms with van der Waals surface area (Å²) in [5, 5.41) is 3.31. The average Bonchev–Trinajstić information content (AvgIpc) is 2.69. The lowest BCUT2D eigenvalue weighted by molar-refractivity contribution is -0.862.